The molecule has 0 atom stereocenters. The third-order valence-electron chi connectivity index (χ3n) is 0.447. The zero-order valence-corrected chi connectivity index (χ0v) is 3.84. The van der Waals surface area contributed by atoms with Gasteiger partial charge in [0.25, 0.3) is 0 Å². The molecule has 1 aromatic heterocycles. The van der Waals surface area contributed by atoms with Gasteiger partial charge in [0.15, 0.2) is 9.81 Å². The van der Waals surface area contributed by atoms with Gasteiger partial charge in [-0.2, -0.15) is 0 Å². The molecule has 4 N–H and O–H groups in total. The Morgan fingerprint density at radius 1 is 0.750 bits per heavy atom. The van der Waals surface area contributed by atoms with Gasteiger partial charge in [0, 0.05) is 0 Å². The van der Waals surface area contributed by atoms with Crippen molar-refractivity contribution in [2.45, 2.75) is 0 Å². The molecule has 1 heterocycles. The smallest absolute Gasteiger partial charge is 0.224 e. The van der Waals surface area contributed by atoms with Crippen molar-refractivity contribution in [2.75, 3.05) is 11.7 Å². The number of rotatable bonds is 0. The second kappa shape index (κ2) is 1.48. The number of aromatic nitrogens is 6. The molecular weight excluding hydrogens is 112 g/mol. The number of nitrogens with two attached hydrogens (primary N) is 2. The van der Waals surface area contributed by atoms with Crippen LogP contribution in [0.1, 0.15) is 0 Å². The predicted molar refractivity (Wildman–Crippen MR) is 18.3 cm³/mol. The van der Waals surface area contributed by atoms with Crippen LogP contribution in [-0.4, -0.2) is 20.9 Å². The summed E-state index contributed by atoms with van der Waals surface area (Å²) in [7, 11) is 0. The van der Waals surface area contributed by atoms with Crippen LogP contribution in [0, 0.1) is 0 Å². The van der Waals surface area contributed by atoms with Gasteiger partial charge >= 0.3 is 20.9 Å². The molecule has 0 fully saturated rings. The molecule has 1 aromatic rings. The van der Waals surface area contributed by atoms with Gasteiger partial charge in [-0.1, -0.05) is 0 Å². The van der Waals surface area contributed by atoms with Crippen LogP contribution in [0.2, 0.25) is 0 Å². The van der Waals surface area contributed by atoms with E-state index < -0.39 is 0 Å². The van der Waals surface area contributed by atoms with Crippen LogP contribution < -0.4 is 21.5 Å². The lowest BCUT2D eigenvalue weighted by molar-refractivity contribution is -0.863. The van der Waals surface area contributed by atoms with E-state index in [1.165, 1.54) is 0 Å². The fourth-order valence-electron chi connectivity index (χ4n) is 0.200. The Labute approximate surface area is 43.6 Å². The number of hydrogen-bond donors (Lipinski definition) is 2. The minimum absolute atomic E-state index is 0.698. The van der Waals surface area contributed by atoms with Crippen molar-refractivity contribution in [3.63, 3.8) is 0 Å². The van der Waals surface area contributed by atoms with Crippen LogP contribution >= 0.6 is 0 Å². The number of hydrogen-bond acceptors (Lipinski definition) is 6. The first-order valence-corrected chi connectivity index (χ1v) is 1.72. The summed E-state index contributed by atoms with van der Waals surface area (Å²) in [5, 5.41) is 12.8. The van der Waals surface area contributed by atoms with E-state index >= 15 is 0 Å². The average Bonchev–Trinajstić information content (AvgIpc) is 1.77. The first-order valence-electron chi connectivity index (χ1n) is 1.72. The molecule has 0 saturated heterocycles. The molecule has 0 amide bonds. The molecule has 0 aliphatic heterocycles. The van der Waals surface area contributed by atoms with Gasteiger partial charge < -0.3 is 0 Å². The summed E-state index contributed by atoms with van der Waals surface area (Å²) in [6.45, 7) is 0. The second-order valence-corrected chi connectivity index (χ2v) is 0.999. The van der Waals surface area contributed by atoms with Gasteiger partial charge in [-0.25, -0.2) is 11.7 Å². The molecule has 0 saturated carbocycles. The van der Waals surface area contributed by atoms with Crippen molar-refractivity contribution in [3.05, 3.63) is 0 Å². The molecule has 0 aromatic carbocycles. The van der Waals surface area contributed by atoms with Crippen LogP contribution in [0.3, 0.4) is 0 Å². The van der Waals surface area contributed by atoms with E-state index in [9.17, 15) is 0 Å². The molecule has 42 valence electrons. The number of nitrogen functional groups attached to an aromatic ring is 2. The van der Waals surface area contributed by atoms with Crippen molar-refractivity contribution >= 4 is 0 Å². The van der Waals surface area contributed by atoms with Crippen LogP contribution in [0.5, 0.6) is 0 Å². The molecule has 0 bridgehead atoms. The summed E-state index contributed by atoms with van der Waals surface area (Å²) >= 11 is 0. The Hall–Kier alpha value is -1.60. The number of nitrogens with zero attached hydrogens (tertiary/aromatic N) is 6. The monoisotopic (exact) mass is 116 g/mol. The molecule has 8 nitrogen and oxygen atoms in total. The maximum Gasteiger partial charge on any atom is 0.312 e. The lowest BCUT2D eigenvalue weighted by atomic mass is 12.2. The van der Waals surface area contributed by atoms with Crippen molar-refractivity contribution in [2.24, 2.45) is 0 Å². The third kappa shape index (κ3) is 0.721. The first-order chi connectivity index (χ1) is 3.79. The highest BCUT2D eigenvalue weighted by Crippen LogP contribution is 1.21. The zero-order valence-electron chi connectivity index (χ0n) is 3.84. The highest BCUT2D eigenvalue weighted by molar-refractivity contribution is 3.60. The molecule has 8 heavy (non-hydrogen) atoms. The highest BCUT2D eigenvalue weighted by atomic mass is 15.9. The van der Waals surface area contributed by atoms with Gasteiger partial charge in [-0.05, 0) is 0 Å². The normalized spacial score (nSPS) is 9.00. The summed E-state index contributed by atoms with van der Waals surface area (Å²) in [5.74, 6) is 9.85. The fourth-order valence-corrected chi connectivity index (χ4v) is 0.200. The minimum Gasteiger partial charge on any atom is -0.224 e. The molecule has 0 radical (unpaired) electrons. The molecule has 1 rings (SSSR count). The van der Waals surface area contributed by atoms with Crippen molar-refractivity contribution in [1.82, 2.24) is 20.9 Å². The Balaban J connectivity index is 3.03. The van der Waals surface area contributed by atoms with E-state index in [1.807, 2.05) is 0 Å². The average molecular weight is 116 g/mol. The lowest BCUT2D eigenvalue weighted by Gasteiger charge is -1.66. The standard InChI is InChI=1S/H3N8/c1-7-3-5-8(2)6-4-7/h1H,2H2/q+1/p+1. The molecule has 0 aliphatic carbocycles. The fraction of sp³-hybridized carbons (Fsp3) is 0. The lowest BCUT2D eigenvalue weighted by Crippen LogP contribution is -2.63. The van der Waals surface area contributed by atoms with Gasteiger partial charge in [-0.3, -0.25) is 0 Å². The molecule has 0 aliphatic rings. The minimum atomic E-state index is 0.698. The molecule has 0 unspecified atom stereocenters. The second-order valence-electron chi connectivity index (χ2n) is 0.999. The van der Waals surface area contributed by atoms with E-state index in [-0.39, 0.29) is 0 Å². The highest BCUT2D eigenvalue weighted by Gasteiger charge is 2.07. The molecule has 8 heteroatoms. The van der Waals surface area contributed by atoms with E-state index in [0.29, 0.717) is 9.81 Å². The Kier molecular flexibility index (Phi) is 0.844. The Morgan fingerprint density at radius 2 is 1.00 bits per heavy atom. The van der Waals surface area contributed by atoms with Crippen LogP contribution in [-0.2, 0) is 0 Å². The van der Waals surface area contributed by atoms with E-state index in [0.717, 1.165) is 0 Å². The summed E-state index contributed by atoms with van der Waals surface area (Å²) < 4.78 is 0. The van der Waals surface area contributed by atoms with Crippen LogP contribution in [0.4, 0.5) is 0 Å². The maximum absolute atomic E-state index is 4.93. The largest absolute Gasteiger partial charge is 0.312 e. The summed E-state index contributed by atoms with van der Waals surface area (Å²) in [5.41, 5.74) is 0. The van der Waals surface area contributed by atoms with Gasteiger partial charge in [-0.15, -0.1) is 0 Å². The van der Waals surface area contributed by atoms with Gasteiger partial charge in [0.2, 0.25) is 0 Å². The van der Waals surface area contributed by atoms with E-state index in [4.69, 9.17) is 11.7 Å². The quantitative estimate of drug-likeness (QED) is 0.260. The molecule has 0 spiro atoms. The summed E-state index contributed by atoms with van der Waals surface area (Å²) in [4.78, 5) is 1.40. The summed E-state index contributed by atoms with van der Waals surface area (Å²) in [6, 6.07) is 0. The van der Waals surface area contributed by atoms with E-state index in [1.54, 1.807) is 0 Å². The van der Waals surface area contributed by atoms with Crippen LogP contribution in [0.25, 0.3) is 0 Å². The molecular formula is H4N8+2. The van der Waals surface area contributed by atoms with Crippen LogP contribution in [0.15, 0.2) is 0 Å². The Morgan fingerprint density at radius 3 is 1.25 bits per heavy atom. The first kappa shape index (κ1) is 4.56. The predicted octanol–water partition coefficient (Wildman–Crippen LogP) is -4.73. The third-order valence-corrected chi connectivity index (χ3v) is 0.447. The Bertz CT molecular complexity index is 139. The van der Waals surface area contributed by atoms with Crippen molar-refractivity contribution < 1.29 is 9.81 Å². The summed E-state index contributed by atoms with van der Waals surface area (Å²) in [6.07, 6.45) is 0. The van der Waals surface area contributed by atoms with Crippen molar-refractivity contribution in [1.29, 1.82) is 0 Å². The topological polar surface area (TPSA) is 111 Å². The van der Waals surface area contributed by atoms with Crippen molar-refractivity contribution in [3.8, 4) is 0 Å². The SMILES string of the molecule is N[n+]1nn[n+](N)nn1. The van der Waals surface area contributed by atoms with E-state index in [2.05, 4.69) is 20.9 Å². The maximum atomic E-state index is 4.93. The van der Waals surface area contributed by atoms with Gasteiger partial charge in [0.1, 0.15) is 0 Å². The van der Waals surface area contributed by atoms with Gasteiger partial charge in [0.05, 0.1) is 0 Å². The zero-order chi connectivity index (χ0) is 5.98.